The molecule has 0 aromatic heterocycles. The molecule has 1 saturated heterocycles. The first-order valence-electron chi connectivity index (χ1n) is 7.92. The van der Waals surface area contributed by atoms with Gasteiger partial charge in [-0.1, -0.05) is 32.4 Å². The molecule has 1 fully saturated rings. The number of amides is 4. The molecule has 0 spiro atoms. The van der Waals surface area contributed by atoms with E-state index in [-0.39, 0.29) is 12.5 Å². The Morgan fingerprint density at radius 3 is 2.43 bits per heavy atom. The maximum Gasteiger partial charge on any atom is 0.325 e. The van der Waals surface area contributed by atoms with E-state index in [1.54, 1.807) is 6.92 Å². The number of carbonyl (C=O) groups is 3. The van der Waals surface area contributed by atoms with Gasteiger partial charge in [-0.2, -0.15) is 0 Å². The Bertz CT molecular complexity index is 612. The van der Waals surface area contributed by atoms with E-state index >= 15 is 0 Å². The predicted octanol–water partition coefficient (Wildman–Crippen LogP) is 2.30. The summed E-state index contributed by atoms with van der Waals surface area (Å²) >= 11 is 0. The third-order valence-corrected chi connectivity index (χ3v) is 4.04. The fourth-order valence-electron chi connectivity index (χ4n) is 2.73. The molecule has 23 heavy (non-hydrogen) atoms. The summed E-state index contributed by atoms with van der Waals surface area (Å²) in [4.78, 5) is 37.4. The maximum absolute atomic E-state index is 12.4. The van der Waals surface area contributed by atoms with E-state index in [1.807, 2.05) is 31.2 Å². The third-order valence-electron chi connectivity index (χ3n) is 4.04. The first-order valence-corrected chi connectivity index (χ1v) is 7.92. The zero-order chi connectivity index (χ0) is 17.0. The first kappa shape index (κ1) is 17.0. The molecule has 0 aliphatic carbocycles. The van der Waals surface area contributed by atoms with Crippen LogP contribution in [0.15, 0.2) is 24.3 Å². The van der Waals surface area contributed by atoms with Gasteiger partial charge in [-0.3, -0.25) is 14.5 Å². The second kappa shape index (κ2) is 6.81. The molecule has 6 heteroatoms. The topological polar surface area (TPSA) is 78.5 Å². The molecule has 0 saturated carbocycles. The molecule has 1 aromatic rings. The van der Waals surface area contributed by atoms with Crippen molar-refractivity contribution in [3.05, 3.63) is 29.8 Å². The van der Waals surface area contributed by atoms with Gasteiger partial charge in [0.1, 0.15) is 12.1 Å². The van der Waals surface area contributed by atoms with Crippen LogP contribution in [0.2, 0.25) is 0 Å². The van der Waals surface area contributed by atoms with E-state index < -0.39 is 17.5 Å². The molecule has 0 bridgehead atoms. The Hall–Kier alpha value is -2.37. The summed E-state index contributed by atoms with van der Waals surface area (Å²) in [5, 5.41) is 5.38. The quantitative estimate of drug-likeness (QED) is 0.790. The average Bonchev–Trinajstić information content (AvgIpc) is 2.72. The molecule has 6 nitrogen and oxygen atoms in total. The molecule has 2 rings (SSSR count). The van der Waals surface area contributed by atoms with Gasteiger partial charge in [0, 0.05) is 5.69 Å². The Labute approximate surface area is 136 Å². The van der Waals surface area contributed by atoms with E-state index in [1.165, 1.54) is 5.56 Å². The number of urea groups is 1. The molecule has 0 radical (unpaired) electrons. The minimum atomic E-state index is -0.908. The van der Waals surface area contributed by atoms with Gasteiger partial charge in [0.25, 0.3) is 5.91 Å². The van der Waals surface area contributed by atoms with Crippen LogP contribution in [0, 0.1) is 0 Å². The van der Waals surface area contributed by atoms with Crippen molar-refractivity contribution in [2.75, 3.05) is 11.9 Å². The van der Waals surface area contributed by atoms with Gasteiger partial charge in [-0.05, 0) is 37.5 Å². The van der Waals surface area contributed by atoms with Crippen LogP contribution in [0.5, 0.6) is 0 Å². The molecule has 1 aromatic carbocycles. The van der Waals surface area contributed by atoms with Crippen molar-refractivity contribution in [1.82, 2.24) is 10.2 Å². The Balaban J connectivity index is 1.99. The highest BCUT2D eigenvalue weighted by atomic mass is 16.2. The van der Waals surface area contributed by atoms with Crippen LogP contribution in [0.25, 0.3) is 0 Å². The largest absolute Gasteiger partial charge is 0.325 e. The van der Waals surface area contributed by atoms with Crippen LogP contribution in [-0.4, -0.2) is 34.8 Å². The van der Waals surface area contributed by atoms with E-state index in [2.05, 4.69) is 17.6 Å². The molecule has 0 unspecified atom stereocenters. The fraction of sp³-hybridized carbons (Fsp3) is 0.471. The molecular formula is C17H23N3O3. The Kier molecular flexibility index (Phi) is 5.03. The van der Waals surface area contributed by atoms with Gasteiger partial charge in [0.2, 0.25) is 5.91 Å². The molecule has 4 amide bonds. The normalized spacial score (nSPS) is 20.6. The number of nitrogens with zero attached hydrogens (tertiary/aromatic N) is 1. The number of carbonyl (C=O) groups excluding carboxylic acids is 3. The number of nitrogens with one attached hydrogen (secondary N) is 2. The minimum Gasteiger partial charge on any atom is -0.325 e. The molecule has 1 aliphatic rings. The fourth-order valence-corrected chi connectivity index (χ4v) is 2.73. The van der Waals surface area contributed by atoms with Crippen LogP contribution in [0.3, 0.4) is 0 Å². The van der Waals surface area contributed by atoms with Gasteiger partial charge < -0.3 is 10.6 Å². The second-order valence-electron chi connectivity index (χ2n) is 6.00. The lowest BCUT2D eigenvalue weighted by molar-refractivity contribution is -0.133. The minimum absolute atomic E-state index is 0.278. The number of benzene rings is 1. The Morgan fingerprint density at radius 2 is 1.87 bits per heavy atom. The summed E-state index contributed by atoms with van der Waals surface area (Å²) in [6.07, 6.45) is 2.24. The summed E-state index contributed by atoms with van der Waals surface area (Å²) < 4.78 is 0. The predicted molar refractivity (Wildman–Crippen MR) is 88.0 cm³/mol. The summed E-state index contributed by atoms with van der Waals surface area (Å²) in [6.45, 7) is 5.41. The average molecular weight is 317 g/mol. The Morgan fingerprint density at radius 1 is 1.22 bits per heavy atom. The van der Waals surface area contributed by atoms with Gasteiger partial charge in [0.05, 0.1) is 0 Å². The number of hydrogen-bond acceptors (Lipinski definition) is 3. The van der Waals surface area contributed by atoms with E-state index in [0.29, 0.717) is 12.1 Å². The van der Waals surface area contributed by atoms with Crippen LogP contribution >= 0.6 is 0 Å². The molecule has 1 aliphatic heterocycles. The van der Waals surface area contributed by atoms with Crippen molar-refractivity contribution in [2.45, 2.75) is 45.6 Å². The van der Waals surface area contributed by atoms with Crippen molar-refractivity contribution < 1.29 is 14.4 Å². The molecule has 2 N–H and O–H groups in total. The second-order valence-corrected chi connectivity index (χ2v) is 6.00. The monoisotopic (exact) mass is 317 g/mol. The molecule has 124 valence electrons. The summed E-state index contributed by atoms with van der Waals surface area (Å²) in [7, 11) is 0. The van der Waals surface area contributed by atoms with Crippen LogP contribution in [0.1, 0.15) is 39.2 Å². The zero-order valence-electron chi connectivity index (χ0n) is 13.8. The van der Waals surface area contributed by atoms with Crippen LogP contribution in [-0.2, 0) is 16.0 Å². The maximum atomic E-state index is 12.4. The van der Waals surface area contributed by atoms with Gasteiger partial charge in [-0.25, -0.2) is 4.79 Å². The van der Waals surface area contributed by atoms with Crippen molar-refractivity contribution in [2.24, 2.45) is 0 Å². The van der Waals surface area contributed by atoms with E-state index in [9.17, 15) is 14.4 Å². The van der Waals surface area contributed by atoms with Crippen molar-refractivity contribution in [3.8, 4) is 0 Å². The summed E-state index contributed by atoms with van der Waals surface area (Å²) in [5.74, 6) is -0.737. The lowest BCUT2D eigenvalue weighted by Crippen LogP contribution is -2.44. The van der Waals surface area contributed by atoms with Crippen molar-refractivity contribution in [1.29, 1.82) is 0 Å². The molecule has 1 heterocycles. The lowest BCUT2D eigenvalue weighted by Gasteiger charge is -2.20. The van der Waals surface area contributed by atoms with Gasteiger partial charge in [0.15, 0.2) is 0 Å². The highest BCUT2D eigenvalue weighted by Gasteiger charge is 2.47. The number of hydrogen-bond donors (Lipinski definition) is 2. The van der Waals surface area contributed by atoms with Crippen LogP contribution < -0.4 is 10.6 Å². The van der Waals surface area contributed by atoms with Crippen LogP contribution in [0.4, 0.5) is 10.5 Å². The summed E-state index contributed by atoms with van der Waals surface area (Å²) in [6, 6.07) is 6.97. The smallest absolute Gasteiger partial charge is 0.325 e. The molecule has 1 atom stereocenters. The van der Waals surface area contributed by atoms with Gasteiger partial charge >= 0.3 is 6.03 Å². The van der Waals surface area contributed by atoms with E-state index in [0.717, 1.165) is 17.7 Å². The summed E-state index contributed by atoms with van der Waals surface area (Å²) in [5.41, 5.74) is 0.914. The van der Waals surface area contributed by atoms with Crippen molar-refractivity contribution >= 4 is 23.5 Å². The standard InChI is InChI=1S/C17H23N3O3/c1-4-10-17(3)15(22)20(16(23)19-17)11-14(21)18-13-8-6-12(5-2)7-9-13/h6-9H,4-5,10-11H2,1-3H3,(H,18,21)(H,19,23)/t17-/m1/s1. The van der Waals surface area contributed by atoms with Gasteiger partial charge in [-0.15, -0.1) is 0 Å². The van der Waals surface area contributed by atoms with E-state index in [4.69, 9.17) is 0 Å². The highest BCUT2D eigenvalue weighted by Crippen LogP contribution is 2.22. The number of imide groups is 1. The third kappa shape index (κ3) is 3.70. The van der Waals surface area contributed by atoms with Crippen molar-refractivity contribution in [3.63, 3.8) is 0 Å². The highest BCUT2D eigenvalue weighted by molar-refractivity contribution is 6.09. The number of rotatable bonds is 6. The SMILES string of the molecule is CCC[C@@]1(C)NC(=O)N(CC(=O)Nc2ccc(CC)cc2)C1=O. The molecular weight excluding hydrogens is 294 g/mol. The first-order chi connectivity index (χ1) is 10.9. The number of aryl methyl sites for hydroxylation is 1. The lowest BCUT2D eigenvalue weighted by atomic mass is 9.96. The number of anilines is 1. The zero-order valence-corrected chi connectivity index (χ0v) is 13.8.